The predicted octanol–water partition coefficient (Wildman–Crippen LogP) is 2.07. The normalized spacial score (nSPS) is 27.6. The second kappa shape index (κ2) is 6.37. The molecule has 0 aromatic rings. The molecule has 1 N–H and O–H groups in total. The zero-order valence-electron chi connectivity index (χ0n) is 11.5. The van der Waals surface area contributed by atoms with E-state index in [0.717, 1.165) is 12.8 Å². The summed E-state index contributed by atoms with van der Waals surface area (Å²) in [6, 6.07) is 0. The molecule has 2 rings (SSSR count). The van der Waals surface area contributed by atoms with Gasteiger partial charge in [-0.3, -0.25) is 14.4 Å². The van der Waals surface area contributed by atoms with Gasteiger partial charge in [0.15, 0.2) is 0 Å². The highest BCUT2D eigenvalue weighted by Gasteiger charge is 2.43. The van der Waals surface area contributed by atoms with E-state index in [1.807, 2.05) is 0 Å². The summed E-state index contributed by atoms with van der Waals surface area (Å²) in [4.78, 5) is 28.5. The standard InChI is InChI=1S/C14H23NO4/c1-19-15(9-10-5-3-2-4-6-10)13(16)11-7-8-12(11)14(17)18/h10-12H,2-9H2,1H3,(H,17,18)/t11-,12+/m1/s1. The van der Waals surface area contributed by atoms with E-state index in [1.165, 1.54) is 31.4 Å². The van der Waals surface area contributed by atoms with Crippen molar-refractivity contribution in [2.24, 2.45) is 17.8 Å². The van der Waals surface area contributed by atoms with Gasteiger partial charge < -0.3 is 5.11 Å². The maximum Gasteiger partial charge on any atom is 0.307 e. The van der Waals surface area contributed by atoms with Gasteiger partial charge in [0.2, 0.25) is 5.91 Å². The summed E-state index contributed by atoms with van der Waals surface area (Å²) < 4.78 is 0. The van der Waals surface area contributed by atoms with Crippen LogP contribution in [0.5, 0.6) is 0 Å². The van der Waals surface area contributed by atoms with Crippen molar-refractivity contribution in [3.05, 3.63) is 0 Å². The van der Waals surface area contributed by atoms with Gasteiger partial charge in [-0.25, -0.2) is 5.06 Å². The predicted molar refractivity (Wildman–Crippen MR) is 69.1 cm³/mol. The fourth-order valence-electron chi connectivity index (χ4n) is 3.13. The molecule has 2 saturated carbocycles. The van der Waals surface area contributed by atoms with Gasteiger partial charge in [-0.2, -0.15) is 0 Å². The first-order valence-corrected chi connectivity index (χ1v) is 7.21. The molecule has 0 aliphatic heterocycles. The van der Waals surface area contributed by atoms with Crippen LogP contribution in [0.1, 0.15) is 44.9 Å². The number of carboxylic acid groups (broad SMARTS) is 1. The number of carboxylic acids is 1. The van der Waals surface area contributed by atoms with E-state index in [2.05, 4.69) is 0 Å². The molecule has 0 heterocycles. The van der Waals surface area contributed by atoms with E-state index in [4.69, 9.17) is 9.94 Å². The molecule has 0 saturated heterocycles. The van der Waals surface area contributed by atoms with Gasteiger partial charge in [0.1, 0.15) is 0 Å². The average Bonchev–Trinajstić information content (AvgIpc) is 2.35. The topological polar surface area (TPSA) is 66.8 Å². The van der Waals surface area contributed by atoms with E-state index in [9.17, 15) is 9.59 Å². The van der Waals surface area contributed by atoms with Crippen LogP contribution >= 0.6 is 0 Å². The molecular formula is C14H23NO4. The van der Waals surface area contributed by atoms with E-state index in [-0.39, 0.29) is 11.8 Å². The number of carbonyl (C=O) groups excluding carboxylic acids is 1. The van der Waals surface area contributed by atoms with Gasteiger partial charge in [0.05, 0.1) is 25.5 Å². The molecule has 0 spiro atoms. The van der Waals surface area contributed by atoms with E-state index < -0.39 is 11.9 Å². The van der Waals surface area contributed by atoms with Crippen LogP contribution in [0.15, 0.2) is 0 Å². The molecule has 19 heavy (non-hydrogen) atoms. The first-order valence-electron chi connectivity index (χ1n) is 7.21. The lowest BCUT2D eigenvalue weighted by Crippen LogP contribution is -2.47. The van der Waals surface area contributed by atoms with Crippen molar-refractivity contribution in [3.63, 3.8) is 0 Å². The van der Waals surface area contributed by atoms with Crippen molar-refractivity contribution in [1.29, 1.82) is 0 Å². The zero-order chi connectivity index (χ0) is 13.8. The Morgan fingerprint density at radius 2 is 1.74 bits per heavy atom. The maximum absolute atomic E-state index is 12.3. The molecular weight excluding hydrogens is 246 g/mol. The Morgan fingerprint density at radius 3 is 2.21 bits per heavy atom. The minimum atomic E-state index is -0.863. The Morgan fingerprint density at radius 1 is 1.11 bits per heavy atom. The number of aliphatic carboxylic acids is 1. The second-order valence-electron chi connectivity index (χ2n) is 5.71. The summed E-state index contributed by atoms with van der Waals surface area (Å²) in [7, 11) is 1.50. The monoisotopic (exact) mass is 269 g/mol. The molecule has 0 aromatic carbocycles. The summed E-state index contributed by atoms with van der Waals surface area (Å²) in [5, 5.41) is 10.4. The largest absolute Gasteiger partial charge is 0.481 e. The zero-order valence-corrected chi connectivity index (χ0v) is 11.5. The number of hydrogen-bond donors (Lipinski definition) is 1. The van der Waals surface area contributed by atoms with Crippen molar-refractivity contribution in [2.75, 3.05) is 13.7 Å². The lowest BCUT2D eigenvalue weighted by Gasteiger charge is -2.36. The Labute approximate surface area is 113 Å². The number of hydrogen-bond acceptors (Lipinski definition) is 3. The number of rotatable bonds is 5. The average molecular weight is 269 g/mol. The Kier molecular flexibility index (Phi) is 4.80. The van der Waals surface area contributed by atoms with Crippen LogP contribution in [0.4, 0.5) is 0 Å². The fraction of sp³-hybridized carbons (Fsp3) is 0.857. The van der Waals surface area contributed by atoms with Gasteiger partial charge in [-0.05, 0) is 31.6 Å². The number of nitrogens with zero attached hydrogens (tertiary/aromatic N) is 1. The highest BCUT2D eigenvalue weighted by atomic mass is 16.7. The Balaban J connectivity index is 1.89. The molecule has 2 aliphatic carbocycles. The first-order chi connectivity index (χ1) is 9.13. The number of amides is 1. The third-order valence-electron chi connectivity index (χ3n) is 4.52. The number of hydroxylamine groups is 2. The fourth-order valence-corrected chi connectivity index (χ4v) is 3.13. The molecule has 2 atom stereocenters. The highest BCUT2D eigenvalue weighted by molar-refractivity contribution is 5.85. The molecule has 1 amide bonds. The smallest absolute Gasteiger partial charge is 0.307 e. The summed E-state index contributed by atoms with van der Waals surface area (Å²) in [6.45, 7) is 0.609. The molecule has 2 fully saturated rings. The second-order valence-corrected chi connectivity index (χ2v) is 5.71. The van der Waals surface area contributed by atoms with Crippen LogP contribution in [0.2, 0.25) is 0 Å². The third-order valence-corrected chi connectivity index (χ3v) is 4.52. The Bertz CT molecular complexity index is 338. The summed E-state index contributed by atoms with van der Waals surface area (Å²) in [6.07, 6.45) is 7.27. The Hall–Kier alpha value is -1.10. The molecule has 5 nitrogen and oxygen atoms in total. The van der Waals surface area contributed by atoms with Crippen LogP contribution in [0.25, 0.3) is 0 Å². The van der Waals surface area contributed by atoms with Gasteiger partial charge in [0.25, 0.3) is 0 Å². The maximum atomic E-state index is 12.3. The van der Waals surface area contributed by atoms with Crippen molar-refractivity contribution in [3.8, 4) is 0 Å². The highest BCUT2D eigenvalue weighted by Crippen LogP contribution is 2.36. The van der Waals surface area contributed by atoms with Crippen LogP contribution in [0.3, 0.4) is 0 Å². The van der Waals surface area contributed by atoms with Crippen molar-refractivity contribution in [2.45, 2.75) is 44.9 Å². The van der Waals surface area contributed by atoms with Crippen LogP contribution in [-0.2, 0) is 14.4 Å². The molecule has 0 unspecified atom stereocenters. The van der Waals surface area contributed by atoms with Gasteiger partial charge in [-0.15, -0.1) is 0 Å². The van der Waals surface area contributed by atoms with Crippen molar-refractivity contribution in [1.82, 2.24) is 5.06 Å². The van der Waals surface area contributed by atoms with Gasteiger partial charge in [-0.1, -0.05) is 19.3 Å². The van der Waals surface area contributed by atoms with E-state index in [0.29, 0.717) is 25.3 Å². The molecule has 2 aliphatic rings. The van der Waals surface area contributed by atoms with Crippen molar-refractivity contribution >= 4 is 11.9 Å². The number of carbonyl (C=O) groups is 2. The summed E-state index contributed by atoms with van der Waals surface area (Å²) >= 11 is 0. The summed E-state index contributed by atoms with van der Waals surface area (Å²) in [5.41, 5.74) is 0. The van der Waals surface area contributed by atoms with E-state index in [1.54, 1.807) is 0 Å². The molecule has 108 valence electrons. The lowest BCUT2D eigenvalue weighted by atomic mass is 9.73. The van der Waals surface area contributed by atoms with Crippen LogP contribution < -0.4 is 0 Å². The molecule has 0 bridgehead atoms. The van der Waals surface area contributed by atoms with Crippen LogP contribution in [0, 0.1) is 17.8 Å². The molecule has 0 radical (unpaired) electrons. The lowest BCUT2D eigenvalue weighted by molar-refractivity contribution is -0.192. The van der Waals surface area contributed by atoms with Crippen molar-refractivity contribution < 1.29 is 19.5 Å². The quantitative estimate of drug-likeness (QED) is 0.776. The molecule has 0 aromatic heterocycles. The SMILES string of the molecule is CON(CC1CCCCC1)C(=O)[C@@H]1CC[C@@H]1C(=O)O. The third kappa shape index (κ3) is 3.26. The first kappa shape index (κ1) is 14.3. The van der Waals surface area contributed by atoms with Crippen LogP contribution in [-0.4, -0.2) is 35.7 Å². The minimum absolute atomic E-state index is 0.147. The summed E-state index contributed by atoms with van der Waals surface area (Å²) in [5.74, 6) is -1.41. The van der Waals surface area contributed by atoms with E-state index >= 15 is 0 Å². The minimum Gasteiger partial charge on any atom is -0.481 e. The van der Waals surface area contributed by atoms with Gasteiger partial charge >= 0.3 is 5.97 Å². The molecule has 5 heteroatoms. The van der Waals surface area contributed by atoms with Gasteiger partial charge in [0, 0.05) is 0 Å².